The molecule has 1 atom stereocenters. The number of hydrogen-bond donors (Lipinski definition) is 2. The molecule has 132 valence electrons. The van der Waals surface area contributed by atoms with Crippen molar-refractivity contribution in [1.29, 1.82) is 0 Å². The first kappa shape index (κ1) is 18.5. The van der Waals surface area contributed by atoms with Gasteiger partial charge in [-0.1, -0.05) is 32.0 Å². The molecule has 0 radical (unpaired) electrons. The number of rotatable bonds is 7. The van der Waals surface area contributed by atoms with Gasteiger partial charge in [-0.15, -0.1) is 0 Å². The summed E-state index contributed by atoms with van der Waals surface area (Å²) >= 11 is 0. The third-order valence-electron chi connectivity index (χ3n) is 4.32. The van der Waals surface area contributed by atoms with Gasteiger partial charge in [0.05, 0.1) is 18.3 Å². The van der Waals surface area contributed by atoms with Crippen LogP contribution in [0.1, 0.15) is 50.7 Å². The number of para-hydroxylation sites is 1. The van der Waals surface area contributed by atoms with Crippen molar-refractivity contribution in [2.75, 3.05) is 6.54 Å². The minimum Gasteiger partial charge on any atom is -0.451 e. The monoisotopic (exact) mass is 333 g/mol. The van der Waals surface area contributed by atoms with E-state index in [1.807, 2.05) is 52.0 Å². The standard InChI is InChI=1S/C19H27NO4/c1-12(2)19(5,22)11-20-18(21)17-15(10-23-13(3)4)14-8-6-7-9-16(14)24-17/h6-9,12-13,22H,10-11H2,1-5H3,(H,20,21). The summed E-state index contributed by atoms with van der Waals surface area (Å²) in [7, 11) is 0. The number of hydrogen-bond acceptors (Lipinski definition) is 4. The van der Waals surface area contributed by atoms with E-state index in [4.69, 9.17) is 9.15 Å². The molecule has 0 bridgehead atoms. The Bertz CT molecular complexity index is 700. The van der Waals surface area contributed by atoms with Crippen LogP contribution in [0.4, 0.5) is 0 Å². The highest BCUT2D eigenvalue weighted by atomic mass is 16.5. The number of carbonyl (C=O) groups excluding carboxylic acids is 1. The van der Waals surface area contributed by atoms with E-state index in [9.17, 15) is 9.90 Å². The topological polar surface area (TPSA) is 71.7 Å². The average molecular weight is 333 g/mol. The van der Waals surface area contributed by atoms with Gasteiger partial charge in [-0.2, -0.15) is 0 Å². The third-order valence-corrected chi connectivity index (χ3v) is 4.32. The van der Waals surface area contributed by atoms with Crippen LogP contribution in [-0.4, -0.2) is 29.3 Å². The number of carbonyl (C=O) groups is 1. The Balaban J connectivity index is 2.26. The maximum absolute atomic E-state index is 12.6. The fourth-order valence-corrected chi connectivity index (χ4v) is 2.22. The maximum Gasteiger partial charge on any atom is 0.287 e. The van der Waals surface area contributed by atoms with E-state index >= 15 is 0 Å². The molecule has 1 unspecified atom stereocenters. The van der Waals surface area contributed by atoms with E-state index < -0.39 is 5.60 Å². The number of benzene rings is 1. The highest BCUT2D eigenvalue weighted by Crippen LogP contribution is 2.27. The first-order valence-corrected chi connectivity index (χ1v) is 8.35. The van der Waals surface area contributed by atoms with Gasteiger partial charge in [0.1, 0.15) is 5.58 Å². The van der Waals surface area contributed by atoms with Gasteiger partial charge in [0.25, 0.3) is 5.91 Å². The van der Waals surface area contributed by atoms with Crippen molar-refractivity contribution in [2.45, 2.75) is 52.9 Å². The summed E-state index contributed by atoms with van der Waals surface area (Å²) in [6.07, 6.45) is 0.0521. The van der Waals surface area contributed by atoms with E-state index in [0.29, 0.717) is 12.2 Å². The summed E-state index contributed by atoms with van der Waals surface area (Å²) in [4.78, 5) is 12.6. The maximum atomic E-state index is 12.6. The number of ether oxygens (including phenoxy) is 1. The number of amides is 1. The lowest BCUT2D eigenvalue weighted by atomic mass is 9.92. The van der Waals surface area contributed by atoms with Crippen molar-refractivity contribution in [3.63, 3.8) is 0 Å². The molecule has 1 heterocycles. The molecule has 0 aliphatic rings. The van der Waals surface area contributed by atoms with Gasteiger partial charge in [-0.3, -0.25) is 4.79 Å². The van der Waals surface area contributed by atoms with E-state index in [1.54, 1.807) is 6.92 Å². The number of fused-ring (bicyclic) bond motifs is 1. The average Bonchev–Trinajstić information content (AvgIpc) is 2.89. The predicted octanol–water partition coefficient (Wildman–Crippen LogP) is 3.49. The lowest BCUT2D eigenvalue weighted by molar-refractivity contribution is 0.0139. The van der Waals surface area contributed by atoms with Gasteiger partial charge >= 0.3 is 0 Å². The molecule has 5 heteroatoms. The zero-order valence-electron chi connectivity index (χ0n) is 15.1. The van der Waals surface area contributed by atoms with Crippen LogP contribution in [0.3, 0.4) is 0 Å². The Labute approximate surface area is 143 Å². The summed E-state index contributed by atoms with van der Waals surface area (Å²) in [6, 6.07) is 7.51. The molecule has 0 aliphatic carbocycles. The Morgan fingerprint density at radius 1 is 1.29 bits per heavy atom. The van der Waals surface area contributed by atoms with Crippen LogP contribution in [0.2, 0.25) is 0 Å². The number of nitrogens with one attached hydrogen (secondary N) is 1. The van der Waals surface area contributed by atoms with Gasteiger partial charge in [0, 0.05) is 17.5 Å². The van der Waals surface area contributed by atoms with Gasteiger partial charge < -0.3 is 19.6 Å². The number of aliphatic hydroxyl groups is 1. The lowest BCUT2D eigenvalue weighted by Crippen LogP contribution is -2.44. The second-order valence-corrected chi connectivity index (χ2v) is 6.96. The van der Waals surface area contributed by atoms with Crippen molar-refractivity contribution in [2.24, 2.45) is 5.92 Å². The quantitative estimate of drug-likeness (QED) is 0.813. The molecule has 2 N–H and O–H groups in total. The van der Waals surface area contributed by atoms with Crippen LogP contribution in [0.5, 0.6) is 0 Å². The Hall–Kier alpha value is -1.85. The fourth-order valence-electron chi connectivity index (χ4n) is 2.22. The minimum atomic E-state index is -0.976. The van der Waals surface area contributed by atoms with Crippen molar-refractivity contribution in [3.8, 4) is 0 Å². The largest absolute Gasteiger partial charge is 0.451 e. The molecule has 2 aromatic rings. The van der Waals surface area contributed by atoms with Crippen LogP contribution in [-0.2, 0) is 11.3 Å². The van der Waals surface area contributed by atoms with Crippen molar-refractivity contribution < 1.29 is 19.1 Å². The molecule has 0 saturated carbocycles. The van der Waals surface area contributed by atoms with E-state index in [-0.39, 0.29) is 30.2 Å². The Morgan fingerprint density at radius 3 is 2.58 bits per heavy atom. The van der Waals surface area contributed by atoms with Crippen LogP contribution in [0.25, 0.3) is 11.0 Å². The second-order valence-electron chi connectivity index (χ2n) is 6.96. The highest BCUT2D eigenvalue weighted by molar-refractivity contribution is 5.99. The molecule has 5 nitrogen and oxygen atoms in total. The van der Waals surface area contributed by atoms with Crippen molar-refractivity contribution >= 4 is 16.9 Å². The first-order valence-electron chi connectivity index (χ1n) is 8.35. The summed E-state index contributed by atoms with van der Waals surface area (Å²) in [6.45, 7) is 9.89. The molecular weight excluding hydrogens is 306 g/mol. The molecule has 24 heavy (non-hydrogen) atoms. The second kappa shape index (κ2) is 7.36. The van der Waals surface area contributed by atoms with E-state index in [0.717, 1.165) is 10.9 Å². The van der Waals surface area contributed by atoms with Gasteiger partial charge in [0.2, 0.25) is 0 Å². The first-order chi connectivity index (χ1) is 11.2. The van der Waals surface area contributed by atoms with Gasteiger partial charge in [0.15, 0.2) is 5.76 Å². The van der Waals surface area contributed by atoms with Gasteiger partial charge in [-0.05, 0) is 32.8 Å². The fraction of sp³-hybridized carbons (Fsp3) is 0.526. The van der Waals surface area contributed by atoms with Crippen LogP contribution < -0.4 is 5.32 Å². The molecular formula is C19H27NO4. The minimum absolute atomic E-state index is 0.0252. The molecule has 1 aromatic carbocycles. The Morgan fingerprint density at radius 2 is 1.96 bits per heavy atom. The van der Waals surface area contributed by atoms with E-state index in [2.05, 4.69) is 5.32 Å². The molecule has 2 rings (SSSR count). The van der Waals surface area contributed by atoms with Crippen LogP contribution >= 0.6 is 0 Å². The molecule has 1 amide bonds. The normalized spacial score (nSPS) is 14.3. The summed E-state index contributed by atoms with van der Waals surface area (Å²) in [5, 5.41) is 13.9. The molecule has 0 fully saturated rings. The molecule has 1 aromatic heterocycles. The predicted molar refractivity (Wildman–Crippen MR) is 93.9 cm³/mol. The van der Waals surface area contributed by atoms with E-state index in [1.165, 1.54) is 0 Å². The summed E-state index contributed by atoms with van der Waals surface area (Å²) < 4.78 is 11.4. The SMILES string of the molecule is CC(C)OCc1c(C(=O)NCC(C)(O)C(C)C)oc2ccccc12. The molecule has 0 saturated heterocycles. The molecule has 0 spiro atoms. The van der Waals surface area contributed by atoms with Crippen LogP contribution in [0, 0.1) is 5.92 Å². The summed E-state index contributed by atoms with van der Waals surface area (Å²) in [5.74, 6) is -0.0666. The zero-order valence-corrected chi connectivity index (χ0v) is 15.1. The lowest BCUT2D eigenvalue weighted by Gasteiger charge is -2.27. The smallest absolute Gasteiger partial charge is 0.287 e. The van der Waals surface area contributed by atoms with Crippen molar-refractivity contribution in [1.82, 2.24) is 5.32 Å². The number of furan rings is 1. The zero-order chi connectivity index (χ0) is 17.9. The third kappa shape index (κ3) is 4.16. The summed E-state index contributed by atoms with van der Waals surface area (Å²) in [5.41, 5.74) is 0.414. The van der Waals surface area contributed by atoms with Gasteiger partial charge in [-0.25, -0.2) is 0 Å². The highest BCUT2D eigenvalue weighted by Gasteiger charge is 2.27. The van der Waals surface area contributed by atoms with Crippen molar-refractivity contribution in [3.05, 3.63) is 35.6 Å². The Kier molecular flexibility index (Phi) is 5.67. The molecule has 0 aliphatic heterocycles. The van der Waals surface area contributed by atoms with Crippen LogP contribution in [0.15, 0.2) is 28.7 Å².